The Kier molecular flexibility index (Phi) is 6.33. The third-order valence-electron chi connectivity index (χ3n) is 3.51. The molecule has 1 amide bonds. The van der Waals surface area contributed by atoms with Crippen LogP contribution < -0.4 is 16.2 Å². The number of nitrogen functional groups attached to an aromatic ring is 2. The minimum Gasteiger partial charge on any atom is -0.492 e. The van der Waals surface area contributed by atoms with E-state index in [0.29, 0.717) is 36.8 Å². The molecule has 0 unspecified atom stereocenters. The molecule has 0 saturated carbocycles. The molecule has 2 rings (SSSR count). The van der Waals surface area contributed by atoms with Gasteiger partial charge in [-0.3, -0.25) is 0 Å². The van der Waals surface area contributed by atoms with Crippen molar-refractivity contribution in [1.82, 2.24) is 4.90 Å². The zero-order valence-electron chi connectivity index (χ0n) is 15.6. The molecule has 6 heteroatoms. The maximum atomic E-state index is 12.5. The van der Waals surface area contributed by atoms with E-state index < -0.39 is 5.60 Å². The van der Waals surface area contributed by atoms with Crippen LogP contribution in [-0.4, -0.2) is 29.7 Å². The highest BCUT2D eigenvalue weighted by molar-refractivity contribution is 5.68. The maximum absolute atomic E-state index is 12.5. The fourth-order valence-electron chi connectivity index (χ4n) is 2.24. The SMILES string of the molecule is CC(C)(C)OC(=O)N(CCOc1ccc(N)cc1)Cc1ccc(N)cc1. The van der Waals surface area contributed by atoms with Crippen LogP contribution in [0.3, 0.4) is 0 Å². The van der Waals surface area contributed by atoms with E-state index in [0.717, 1.165) is 5.56 Å². The van der Waals surface area contributed by atoms with Gasteiger partial charge in [0.2, 0.25) is 0 Å². The van der Waals surface area contributed by atoms with E-state index >= 15 is 0 Å². The average molecular weight is 357 g/mol. The number of anilines is 2. The Morgan fingerprint density at radius 2 is 1.50 bits per heavy atom. The molecule has 0 fully saturated rings. The lowest BCUT2D eigenvalue weighted by molar-refractivity contribution is 0.0209. The zero-order valence-corrected chi connectivity index (χ0v) is 15.6. The van der Waals surface area contributed by atoms with E-state index in [9.17, 15) is 4.79 Å². The van der Waals surface area contributed by atoms with Gasteiger partial charge in [-0.25, -0.2) is 4.79 Å². The molecule has 0 heterocycles. The molecule has 0 atom stereocenters. The molecule has 2 aromatic carbocycles. The second-order valence-corrected chi connectivity index (χ2v) is 7.06. The second kappa shape index (κ2) is 8.47. The van der Waals surface area contributed by atoms with Gasteiger partial charge in [0.25, 0.3) is 0 Å². The van der Waals surface area contributed by atoms with E-state index in [1.807, 2.05) is 45.0 Å². The number of carbonyl (C=O) groups is 1. The Morgan fingerprint density at radius 1 is 0.962 bits per heavy atom. The molecule has 140 valence electrons. The predicted octanol–water partition coefficient (Wildman–Crippen LogP) is 3.67. The summed E-state index contributed by atoms with van der Waals surface area (Å²) in [4.78, 5) is 14.1. The lowest BCUT2D eigenvalue weighted by Crippen LogP contribution is -2.38. The number of hydrogen-bond acceptors (Lipinski definition) is 5. The molecule has 26 heavy (non-hydrogen) atoms. The topological polar surface area (TPSA) is 90.8 Å². The van der Waals surface area contributed by atoms with Gasteiger partial charge >= 0.3 is 6.09 Å². The first-order chi connectivity index (χ1) is 12.2. The van der Waals surface area contributed by atoms with Gasteiger partial charge < -0.3 is 25.8 Å². The normalized spacial score (nSPS) is 11.0. The van der Waals surface area contributed by atoms with Crippen LogP contribution in [0.5, 0.6) is 5.75 Å². The van der Waals surface area contributed by atoms with Gasteiger partial charge in [0.15, 0.2) is 0 Å². The van der Waals surface area contributed by atoms with Gasteiger partial charge in [0, 0.05) is 17.9 Å². The van der Waals surface area contributed by atoms with Gasteiger partial charge in [-0.1, -0.05) is 12.1 Å². The molecule has 6 nitrogen and oxygen atoms in total. The Bertz CT molecular complexity index is 707. The first-order valence-electron chi connectivity index (χ1n) is 8.53. The summed E-state index contributed by atoms with van der Waals surface area (Å²) in [7, 11) is 0. The van der Waals surface area contributed by atoms with Gasteiger partial charge in [0.1, 0.15) is 18.0 Å². The van der Waals surface area contributed by atoms with E-state index in [4.69, 9.17) is 20.9 Å². The molecular formula is C20H27N3O3. The molecule has 4 N–H and O–H groups in total. The number of amides is 1. The Hall–Kier alpha value is -2.89. The highest BCUT2D eigenvalue weighted by Crippen LogP contribution is 2.16. The molecule has 2 aromatic rings. The van der Waals surface area contributed by atoms with E-state index in [-0.39, 0.29) is 6.09 Å². The number of ether oxygens (including phenoxy) is 2. The summed E-state index contributed by atoms with van der Waals surface area (Å²) in [5, 5.41) is 0. The van der Waals surface area contributed by atoms with Crippen LogP contribution in [0.2, 0.25) is 0 Å². The van der Waals surface area contributed by atoms with Gasteiger partial charge in [-0.2, -0.15) is 0 Å². The van der Waals surface area contributed by atoms with E-state index in [1.165, 1.54) is 0 Å². The fraction of sp³-hybridized carbons (Fsp3) is 0.350. The quantitative estimate of drug-likeness (QED) is 0.770. The molecule has 0 aliphatic rings. The Balaban J connectivity index is 2.00. The lowest BCUT2D eigenvalue weighted by atomic mass is 10.2. The first kappa shape index (κ1) is 19.4. The van der Waals surface area contributed by atoms with Crippen molar-refractivity contribution in [2.75, 3.05) is 24.6 Å². The maximum Gasteiger partial charge on any atom is 0.410 e. The van der Waals surface area contributed by atoms with Crippen LogP contribution in [0.15, 0.2) is 48.5 Å². The summed E-state index contributed by atoms with van der Waals surface area (Å²) in [6, 6.07) is 14.6. The largest absolute Gasteiger partial charge is 0.492 e. The molecular weight excluding hydrogens is 330 g/mol. The van der Waals surface area contributed by atoms with Crippen molar-refractivity contribution in [3.05, 3.63) is 54.1 Å². The van der Waals surface area contributed by atoms with Crippen molar-refractivity contribution in [3.63, 3.8) is 0 Å². The highest BCUT2D eigenvalue weighted by Gasteiger charge is 2.22. The van der Waals surface area contributed by atoms with Crippen molar-refractivity contribution >= 4 is 17.5 Å². The molecule has 0 saturated heterocycles. The third-order valence-corrected chi connectivity index (χ3v) is 3.51. The number of carbonyl (C=O) groups excluding carboxylic acids is 1. The summed E-state index contributed by atoms with van der Waals surface area (Å²) < 4.78 is 11.2. The Labute approximate surface area is 154 Å². The smallest absolute Gasteiger partial charge is 0.410 e. The average Bonchev–Trinajstić information content (AvgIpc) is 2.56. The fourth-order valence-corrected chi connectivity index (χ4v) is 2.24. The van der Waals surface area contributed by atoms with Crippen molar-refractivity contribution in [3.8, 4) is 5.75 Å². The molecule has 0 aliphatic heterocycles. The minimum absolute atomic E-state index is 0.345. The second-order valence-electron chi connectivity index (χ2n) is 7.06. The monoisotopic (exact) mass is 357 g/mol. The first-order valence-corrected chi connectivity index (χ1v) is 8.53. The van der Waals surface area contributed by atoms with Gasteiger partial charge in [0.05, 0.1) is 6.54 Å². The Morgan fingerprint density at radius 3 is 2.04 bits per heavy atom. The van der Waals surface area contributed by atoms with E-state index in [2.05, 4.69) is 0 Å². The van der Waals surface area contributed by atoms with Crippen LogP contribution in [0, 0.1) is 0 Å². The van der Waals surface area contributed by atoms with E-state index in [1.54, 1.807) is 29.2 Å². The molecule has 0 spiro atoms. The van der Waals surface area contributed by atoms with Crippen LogP contribution in [0.25, 0.3) is 0 Å². The van der Waals surface area contributed by atoms with Crippen LogP contribution in [0.1, 0.15) is 26.3 Å². The number of nitrogens with zero attached hydrogens (tertiary/aromatic N) is 1. The van der Waals surface area contributed by atoms with Crippen LogP contribution >= 0.6 is 0 Å². The molecule has 0 radical (unpaired) electrons. The number of benzene rings is 2. The highest BCUT2D eigenvalue weighted by atomic mass is 16.6. The molecule has 0 aromatic heterocycles. The number of rotatable bonds is 6. The van der Waals surface area contributed by atoms with Crippen LogP contribution in [-0.2, 0) is 11.3 Å². The van der Waals surface area contributed by atoms with Crippen molar-refractivity contribution in [1.29, 1.82) is 0 Å². The molecule has 0 aliphatic carbocycles. The zero-order chi connectivity index (χ0) is 19.2. The third kappa shape index (κ3) is 6.55. The summed E-state index contributed by atoms with van der Waals surface area (Å²) in [5.41, 5.74) is 13.2. The summed E-state index contributed by atoms with van der Waals surface area (Å²) in [6.45, 7) is 6.69. The summed E-state index contributed by atoms with van der Waals surface area (Å²) >= 11 is 0. The molecule has 0 bridgehead atoms. The number of nitrogens with two attached hydrogens (primary N) is 2. The standard InChI is InChI=1S/C20H27N3O3/c1-20(2,3)26-19(24)23(14-15-4-6-16(21)7-5-15)12-13-25-18-10-8-17(22)9-11-18/h4-11H,12-14,21-22H2,1-3H3. The van der Waals surface area contributed by atoms with Crippen molar-refractivity contribution < 1.29 is 14.3 Å². The van der Waals surface area contributed by atoms with Gasteiger partial charge in [-0.15, -0.1) is 0 Å². The lowest BCUT2D eigenvalue weighted by Gasteiger charge is -2.27. The summed E-state index contributed by atoms with van der Waals surface area (Å²) in [6.07, 6.45) is -0.379. The predicted molar refractivity (Wildman–Crippen MR) is 104 cm³/mol. The minimum atomic E-state index is -0.561. The van der Waals surface area contributed by atoms with Crippen molar-refractivity contribution in [2.24, 2.45) is 0 Å². The summed E-state index contributed by atoms with van der Waals surface area (Å²) in [5.74, 6) is 0.704. The van der Waals surface area contributed by atoms with Crippen LogP contribution in [0.4, 0.5) is 16.2 Å². The van der Waals surface area contributed by atoms with Gasteiger partial charge in [-0.05, 0) is 62.7 Å². The van der Waals surface area contributed by atoms with Crippen molar-refractivity contribution in [2.45, 2.75) is 32.9 Å². The number of hydrogen-bond donors (Lipinski definition) is 2.